The van der Waals surface area contributed by atoms with Crippen LogP contribution in [0.15, 0.2) is 36.4 Å². The first-order valence-electron chi connectivity index (χ1n) is 9.97. The molecule has 0 aromatic heterocycles. The van der Waals surface area contributed by atoms with E-state index < -0.39 is 29.5 Å². The van der Waals surface area contributed by atoms with Crippen LogP contribution in [0.1, 0.15) is 36.7 Å². The number of carbonyl (C=O) groups excluding carboxylic acids is 2. The summed E-state index contributed by atoms with van der Waals surface area (Å²) in [6, 6.07) is 7.37. The number of nitrogens with one attached hydrogen (secondary N) is 1. The van der Waals surface area contributed by atoms with E-state index in [0.29, 0.717) is 11.5 Å². The van der Waals surface area contributed by atoms with Gasteiger partial charge in [-0.3, -0.25) is 9.59 Å². The van der Waals surface area contributed by atoms with Gasteiger partial charge in [0.1, 0.15) is 29.2 Å². The van der Waals surface area contributed by atoms with Crippen LogP contribution in [-0.4, -0.2) is 43.5 Å². The van der Waals surface area contributed by atoms with Crippen LogP contribution < -0.4 is 14.8 Å². The van der Waals surface area contributed by atoms with Crippen molar-refractivity contribution in [2.75, 3.05) is 20.8 Å². The fourth-order valence-corrected chi connectivity index (χ4v) is 3.09. The summed E-state index contributed by atoms with van der Waals surface area (Å²) in [7, 11) is 2.94. The van der Waals surface area contributed by atoms with Crippen molar-refractivity contribution in [1.29, 1.82) is 0 Å². The minimum Gasteiger partial charge on any atom is -0.497 e. The van der Waals surface area contributed by atoms with Gasteiger partial charge in [0.05, 0.1) is 20.8 Å². The zero-order chi connectivity index (χ0) is 23.1. The van der Waals surface area contributed by atoms with Crippen LogP contribution in [0.2, 0.25) is 0 Å². The summed E-state index contributed by atoms with van der Waals surface area (Å²) in [6.07, 6.45) is 0. The molecule has 2 amide bonds. The molecule has 2 aromatic carbocycles. The highest BCUT2D eigenvalue weighted by atomic mass is 19.1. The molecule has 0 saturated heterocycles. The van der Waals surface area contributed by atoms with Crippen LogP contribution in [-0.2, 0) is 11.3 Å². The van der Waals surface area contributed by atoms with Crippen LogP contribution >= 0.6 is 0 Å². The number of likely N-dealkylation sites (N-methyl/N-ethyl adjacent to an activating group) is 1. The van der Waals surface area contributed by atoms with Gasteiger partial charge in [-0.05, 0) is 37.1 Å². The smallest absolute Gasteiger partial charge is 0.252 e. The molecule has 0 radical (unpaired) electrons. The lowest BCUT2D eigenvalue weighted by Crippen LogP contribution is -2.51. The van der Waals surface area contributed by atoms with E-state index in [9.17, 15) is 18.4 Å². The van der Waals surface area contributed by atoms with Crippen LogP contribution in [0, 0.1) is 17.6 Å². The summed E-state index contributed by atoms with van der Waals surface area (Å²) in [5.74, 6) is -1.76. The molecule has 1 N–H and O–H groups in total. The first kappa shape index (κ1) is 24.1. The van der Waals surface area contributed by atoms with Crippen molar-refractivity contribution in [3.63, 3.8) is 0 Å². The Labute approximate surface area is 181 Å². The highest BCUT2D eigenvalue weighted by Gasteiger charge is 2.29. The maximum absolute atomic E-state index is 14.1. The lowest BCUT2D eigenvalue weighted by Gasteiger charge is -2.29. The van der Waals surface area contributed by atoms with E-state index >= 15 is 0 Å². The molecule has 0 aliphatic carbocycles. The molecule has 0 aliphatic rings. The minimum atomic E-state index is -0.889. The van der Waals surface area contributed by atoms with Gasteiger partial charge in [-0.25, -0.2) is 8.78 Å². The predicted molar refractivity (Wildman–Crippen MR) is 113 cm³/mol. The highest BCUT2D eigenvalue weighted by molar-refractivity contribution is 5.98. The largest absolute Gasteiger partial charge is 0.497 e. The van der Waals surface area contributed by atoms with Crippen molar-refractivity contribution >= 4 is 11.8 Å². The summed E-state index contributed by atoms with van der Waals surface area (Å²) in [4.78, 5) is 27.4. The summed E-state index contributed by atoms with van der Waals surface area (Å²) in [6.45, 7) is 5.26. The predicted octanol–water partition coefficient (Wildman–Crippen LogP) is 3.79. The van der Waals surface area contributed by atoms with Crippen molar-refractivity contribution in [1.82, 2.24) is 10.2 Å². The van der Waals surface area contributed by atoms with Gasteiger partial charge in [0, 0.05) is 23.7 Å². The number of benzene rings is 2. The molecule has 8 heteroatoms. The number of ether oxygens (including phenoxy) is 2. The number of carbonyl (C=O) groups is 2. The second-order valence-corrected chi connectivity index (χ2v) is 7.35. The Morgan fingerprint density at radius 2 is 1.58 bits per heavy atom. The van der Waals surface area contributed by atoms with Crippen molar-refractivity contribution < 1.29 is 27.8 Å². The van der Waals surface area contributed by atoms with Gasteiger partial charge in [0.2, 0.25) is 5.91 Å². The first-order valence-corrected chi connectivity index (χ1v) is 9.97. The number of nitrogens with zero attached hydrogens (tertiary/aromatic N) is 1. The Kier molecular flexibility index (Phi) is 8.36. The summed E-state index contributed by atoms with van der Waals surface area (Å²) >= 11 is 0. The zero-order valence-corrected chi connectivity index (χ0v) is 18.4. The molecule has 1 unspecified atom stereocenters. The molecule has 6 nitrogen and oxygen atoms in total. The molecule has 2 rings (SSSR count). The van der Waals surface area contributed by atoms with Crippen molar-refractivity contribution in [2.24, 2.45) is 5.92 Å². The number of hydrogen-bond acceptors (Lipinski definition) is 4. The lowest BCUT2D eigenvalue weighted by molar-refractivity contribution is -0.134. The molecule has 0 aliphatic heterocycles. The maximum atomic E-state index is 14.1. The average Bonchev–Trinajstić information content (AvgIpc) is 2.76. The second kappa shape index (κ2) is 10.7. The molecule has 168 valence electrons. The van der Waals surface area contributed by atoms with E-state index in [1.165, 1.54) is 37.3 Å². The van der Waals surface area contributed by atoms with Crippen LogP contribution in [0.5, 0.6) is 11.5 Å². The Morgan fingerprint density at radius 3 is 2.03 bits per heavy atom. The van der Waals surface area contributed by atoms with Crippen molar-refractivity contribution in [3.8, 4) is 11.5 Å². The van der Waals surface area contributed by atoms with E-state index in [-0.39, 0.29) is 30.1 Å². The monoisotopic (exact) mass is 434 g/mol. The van der Waals surface area contributed by atoms with Gasteiger partial charge in [0.25, 0.3) is 5.91 Å². The van der Waals surface area contributed by atoms with Crippen LogP contribution in [0.4, 0.5) is 8.78 Å². The Balaban J connectivity index is 2.26. The van der Waals surface area contributed by atoms with Crippen LogP contribution in [0.25, 0.3) is 0 Å². The molecule has 31 heavy (non-hydrogen) atoms. The fraction of sp³-hybridized carbons (Fsp3) is 0.391. The van der Waals surface area contributed by atoms with Gasteiger partial charge in [-0.1, -0.05) is 19.9 Å². The molecule has 0 bridgehead atoms. The topological polar surface area (TPSA) is 67.9 Å². The van der Waals surface area contributed by atoms with E-state index in [2.05, 4.69) is 5.32 Å². The number of halogens is 2. The van der Waals surface area contributed by atoms with Crippen molar-refractivity contribution in [2.45, 2.75) is 33.4 Å². The van der Waals surface area contributed by atoms with Gasteiger partial charge >= 0.3 is 0 Å². The van der Waals surface area contributed by atoms with Gasteiger partial charge in [-0.2, -0.15) is 0 Å². The third kappa shape index (κ3) is 5.93. The van der Waals surface area contributed by atoms with Gasteiger partial charge < -0.3 is 19.7 Å². The SMILES string of the molecule is CCN(Cc1c(F)cccc1F)C(=O)C(NC(=O)c1cc(OC)cc(OC)c1)C(C)C. The van der Waals surface area contributed by atoms with Crippen LogP contribution in [0.3, 0.4) is 0 Å². The van der Waals surface area contributed by atoms with E-state index in [4.69, 9.17) is 9.47 Å². The lowest BCUT2D eigenvalue weighted by atomic mass is 10.0. The molecule has 2 aromatic rings. The number of hydrogen-bond donors (Lipinski definition) is 1. The Hall–Kier alpha value is -3.16. The Bertz CT molecular complexity index is 891. The molecular formula is C23H28F2N2O4. The maximum Gasteiger partial charge on any atom is 0.252 e. The normalized spacial score (nSPS) is 11.7. The number of rotatable bonds is 9. The summed E-state index contributed by atoms with van der Waals surface area (Å²) in [5, 5.41) is 2.74. The Morgan fingerprint density at radius 1 is 1.03 bits per heavy atom. The quantitative estimate of drug-likeness (QED) is 0.652. The summed E-state index contributed by atoms with van der Waals surface area (Å²) < 4.78 is 38.5. The number of amides is 2. The summed E-state index contributed by atoms with van der Waals surface area (Å²) in [5.41, 5.74) is 0.0712. The molecule has 0 fully saturated rings. The minimum absolute atomic E-state index is 0.191. The fourth-order valence-electron chi connectivity index (χ4n) is 3.09. The third-order valence-corrected chi connectivity index (χ3v) is 4.94. The second-order valence-electron chi connectivity index (χ2n) is 7.35. The van der Waals surface area contributed by atoms with E-state index in [1.54, 1.807) is 26.8 Å². The van der Waals surface area contributed by atoms with Crippen molar-refractivity contribution in [3.05, 3.63) is 59.2 Å². The average molecular weight is 434 g/mol. The van der Waals surface area contributed by atoms with Gasteiger partial charge in [-0.15, -0.1) is 0 Å². The molecular weight excluding hydrogens is 406 g/mol. The number of methoxy groups -OCH3 is 2. The highest BCUT2D eigenvalue weighted by Crippen LogP contribution is 2.23. The standard InChI is InChI=1S/C23H28F2N2O4/c1-6-27(13-18-19(24)8-7-9-20(18)25)23(29)21(14(2)3)26-22(28)15-10-16(30-4)12-17(11-15)31-5/h7-12,14,21H,6,13H2,1-5H3,(H,26,28). The third-order valence-electron chi connectivity index (χ3n) is 4.94. The van der Waals surface area contributed by atoms with E-state index in [1.807, 2.05) is 0 Å². The molecule has 1 atom stereocenters. The zero-order valence-electron chi connectivity index (χ0n) is 18.4. The molecule has 0 spiro atoms. The first-order chi connectivity index (χ1) is 14.7. The van der Waals surface area contributed by atoms with Gasteiger partial charge in [0.15, 0.2) is 0 Å². The molecule has 0 heterocycles. The molecule has 0 saturated carbocycles. The van der Waals surface area contributed by atoms with E-state index in [0.717, 1.165) is 12.1 Å².